The van der Waals surface area contributed by atoms with Crippen LogP contribution in [0, 0.1) is 0 Å². The van der Waals surface area contributed by atoms with Crippen LogP contribution in [0.4, 0.5) is 5.82 Å². The van der Waals surface area contributed by atoms with Gasteiger partial charge in [0, 0.05) is 13.1 Å². The number of aromatic nitrogens is 2. The second kappa shape index (κ2) is 5.18. The molecule has 1 amide bonds. The third-order valence-electron chi connectivity index (χ3n) is 2.72. The molecule has 2 heterocycles. The fourth-order valence-electron chi connectivity index (χ4n) is 1.91. The molecule has 1 atom stereocenters. The van der Waals surface area contributed by atoms with Crippen molar-refractivity contribution in [1.82, 2.24) is 15.3 Å². The Labute approximate surface area is 113 Å². The van der Waals surface area contributed by atoms with Crippen molar-refractivity contribution in [2.45, 2.75) is 19.4 Å². The molecular weight excluding hydrogens is 307 g/mol. The Bertz CT molecular complexity index is 442. The molecule has 1 saturated heterocycles. The van der Waals surface area contributed by atoms with Crippen molar-refractivity contribution in [3.63, 3.8) is 0 Å². The smallest absolute Gasteiger partial charge is 0.242 e. The van der Waals surface area contributed by atoms with Crippen molar-refractivity contribution in [3.8, 4) is 0 Å². The van der Waals surface area contributed by atoms with Gasteiger partial charge in [-0.05, 0) is 22.4 Å². The number of carbonyl (C=O) groups is 1. The van der Waals surface area contributed by atoms with E-state index >= 15 is 0 Å². The summed E-state index contributed by atoms with van der Waals surface area (Å²) in [5.74, 6) is 0.701. The Morgan fingerprint density at radius 3 is 3.12 bits per heavy atom. The Morgan fingerprint density at radius 1 is 1.65 bits per heavy atom. The molecule has 1 aliphatic heterocycles. The minimum Gasteiger partial charge on any atom is -0.353 e. The van der Waals surface area contributed by atoms with E-state index in [2.05, 4.69) is 31.2 Å². The van der Waals surface area contributed by atoms with E-state index < -0.39 is 0 Å². The number of hydrogen-bond acceptors (Lipinski definition) is 4. The third-order valence-corrected chi connectivity index (χ3v) is 3.96. The van der Waals surface area contributed by atoms with Crippen molar-refractivity contribution >= 4 is 39.3 Å². The third kappa shape index (κ3) is 2.37. The summed E-state index contributed by atoms with van der Waals surface area (Å²) >= 11 is 9.30. The maximum atomic E-state index is 11.8. The van der Waals surface area contributed by atoms with Crippen molar-refractivity contribution in [1.29, 1.82) is 0 Å². The van der Waals surface area contributed by atoms with E-state index in [9.17, 15) is 4.79 Å². The van der Waals surface area contributed by atoms with Crippen LogP contribution in [0.5, 0.6) is 0 Å². The van der Waals surface area contributed by atoms with Gasteiger partial charge in [-0.25, -0.2) is 9.97 Å². The van der Waals surface area contributed by atoms with E-state index in [-0.39, 0.29) is 11.9 Å². The van der Waals surface area contributed by atoms with Crippen LogP contribution in [0.2, 0.25) is 5.15 Å². The molecule has 0 saturated carbocycles. The summed E-state index contributed by atoms with van der Waals surface area (Å²) in [4.78, 5) is 21.8. The molecule has 1 aromatic heterocycles. The predicted octanol–water partition coefficient (Wildman–Crippen LogP) is 1.61. The molecule has 0 aromatic carbocycles. The number of rotatable bonds is 2. The van der Waals surface area contributed by atoms with Crippen molar-refractivity contribution in [2.75, 3.05) is 18.0 Å². The molecule has 1 aromatic rings. The lowest BCUT2D eigenvalue weighted by Gasteiger charge is -2.35. The highest BCUT2D eigenvalue weighted by atomic mass is 79.9. The molecule has 1 aliphatic rings. The Morgan fingerprint density at radius 2 is 2.41 bits per heavy atom. The second-order valence-corrected chi connectivity index (χ2v) is 4.86. The molecule has 2 rings (SSSR count). The molecule has 1 unspecified atom stereocenters. The molecule has 5 nitrogen and oxygen atoms in total. The maximum Gasteiger partial charge on any atom is 0.242 e. The Kier molecular flexibility index (Phi) is 3.83. The summed E-state index contributed by atoms with van der Waals surface area (Å²) in [5.41, 5.74) is 0. The van der Waals surface area contributed by atoms with Crippen molar-refractivity contribution < 1.29 is 4.79 Å². The van der Waals surface area contributed by atoms with Gasteiger partial charge in [0.05, 0.1) is 4.47 Å². The molecule has 17 heavy (non-hydrogen) atoms. The van der Waals surface area contributed by atoms with Crippen LogP contribution in [0.3, 0.4) is 0 Å². The number of hydrogen-bond donors (Lipinski definition) is 1. The monoisotopic (exact) mass is 318 g/mol. The van der Waals surface area contributed by atoms with Gasteiger partial charge in [0.2, 0.25) is 5.91 Å². The molecule has 0 bridgehead atoms. The van der Waals surface area contributed by atoms with Gasteiger partial charge in [-0.3, -0.25) is 4.79 Å². The topological polar surface area (TPSA) is 58.1 Å². The van der Waals surface area contributed by atoms with Gasteiger partial charge in [-0.2, -0.15) is 0 Å². The molecule has 1 fully saturated rings. The summed E-state index contributed by atoms with van der Waals surface area (Å²) in [6.07, 6.45) is 2.13. The predicted molar refractivity (Wildman–Crippen MR) is 69.2 cm³/mol. The van der Waals surface area contributed by atoms with Gasteiger partial charge in [0.1, 0.15) is 23.3 Å². The quantitative estimate of drug-likeness (QED) is 0.841. The van der Waals surface area contributed by atoms with Crippen LogP contribution in [0.25, 0.3) is 0 Å². The summed E-state index contributed by atoms with van der Waals surface area (Å²) in [6.45, 7) is 3.30. The zero-order valence-electron chi connectivity index (χ0n) is 9.28. The highest BCUT2D eigenvalue weighted by Crippen LogP contribution is 2.31. The van der Waals surface area contributed by atoms with E-state index in [0.29, 0.717) is 22.0 Å². The lowest BCUT2D eigenvalue weighted by Crippen LogP contribution is -2.55. The van der Waals surface area contributed by atoms with Gasteiger partial charge in [-0.1, -0.05) is 18.5 Å². The number of anilines is 1. The van der Waals surface area contributed by atoms with Gasteiger partial charge in [0.15, 0.2) is 0 Å². The fraction of sp³-hybridized carbons (Fsp3) is 0.500. The van der Waals surface area contributed by atoms with Gasteiger partial charge in [0.25, 0.3) is 0 Å². The van der Waals surface area contributed by atoms with Crippen molar-refractivity contribution in [2.24, 2.45) is 0 Å². The Hall–Kier alpha value is -0.880. The lowest BCUT2D eigenvalue weighted by molar-refractivity contribution is -0.123. The minimum atomic E-state index is -0.203. The lowest BCUT2D eigenvalue weighted by atomic mass is 10.1. The first-order chi connectivity index (χ1) is 8.15. The first-order valence-electron chi connectivity index (χ1n) is 5.35. The van der Waals surface area contributed by atoms with E-state index in [1.807, 2.05) is 11.8 Å². The van der Waals surface area contributed by atoms with Crippen LogP contribution < -0.4 is 10.2 Å². The molecular formula is C10H12BrClN4O. The van der Waals surface area contributed by atoms with Gasteiger partial charge in [-0.15, -0.1) is 0 Å². The SMILES string of the molecule is CCC1C(=O)NCCN1c1ncnc(Cl)c1Br. The molecule has 7 heteroatoms. The van der Waals surface area contributed by atoms with Gasteiger partial charge < -0.3 is 10.2 Å². The number of nitrogens with one attached hydrogen (secondary N) is 1. The van der Waals surface area contributed by atoms with E-state index in [1.165, 1.54) is 6.33 Å². The second-order valence-electron chi connectivity index (χ2n) is 3.71. The standard InChI is InChI=1S/C10H12BrClN4O/c1-2-6-10(17)13-3-4-16(6)9-7(11)8(12)14-5-15-9/h5-6H,2-4H2,1H3,(H,13,17). The minimum absolute atomic E-state index is 0.0281. The zero-order valence-corrected chi connectivity index (χ0v) is 11.6. The maximum absolute atomic E-state index is 11.8. The molecule has 0 spiro atoms. The van der Waals surface area contributed by atoms with Crippen LogP contribution in [0.15, 0.2) is 10.8 Å². The highest BCUT2D eigenvalue weighted by molar-refractivity contribution is 9.10. The van der Waals surface area contributed by atoms with Crippen molar-refractivity contribution in [3.05, 3.63) is 16.0 Å². The summed E-state index contributed by atoms with van der Waals surface area (Å²) in [5, 5.41) is 3.20. The fourth-order valence-corrected chi connectivity index (χ4v) is 2.47. The summed E-state index contributed by atoms with van der Waals surface area (Å²) < 4.78 is 0.634. The number of nitrogens with zero attached hydrogens (tertiary/aromatic N) is 3. The number of piperazine rings is 1. The normalized spacial score (nSPS) is 20.3. The molecule has 0 radical (unpaired) electrons. The number of amides is 1. The number of halogens is 2. The van der Waals surface area contributed by atoms with E-state index in [4.69, 9.17) is 11.6 Å². The van der Waals surface area contributed by atoms with E-state index in [1.54, 1.807) is 0 Å². The summed E-state index contributed by atoms with van der Waals surface area (Å²) in [7, 11) is 0. The molecule has 0 aliphatic carbocycles. The van der Waals surface area contributed by atoms with Crippen LogP contribution in [-0.2, 0) is 4.79 Å². The van der Waals surface area contributed by atoms with Crippen LogP contribution >= 0.6 is 27.5 Å². The highest BCUT2D eigenvalue weighted by Gasteiger charge is 2.30. The largest absolute Gasteiger partial charge is 0.353 e. The molecule has 1 N–H and O–H groups in total. The first-order valence-corrected chi connectivity index (χ1v) is 6.52. The summed E-state index contributed by atoms with van der Waals surface area (Å²) in [6, 6.07) is -0.203. The zero-order chi connectivity index (χ0) is 12.4. The Balaban J connectivity index is 2.37. The van der Waals surface area contributed by atoms with Crippen LogP contribution in [0.1, 0.15) is 13.3 Å². The molecule has 92 valence electrons. The first kappa shape index (κ1) is 12.6. The van der Waals surface area contributed by atoms with E-state index in [0.717, 1.165) is 13.0 Å². The average Bonchev–Trinajstić information content (AvgIpc) is 2.32. The average molecular weight is 320 g/mol. The number of carbonyl (C=O) groups excluding carboxylic acids is 1. The van der Waals surface area contributed by atoms with Crippen LogP contribution in [-0.4, -0.2) is 35.0 Å². The van der Waals surface area contributed by atoms with Gasteiger partial charge >= 0.3 is 0 Å².